The van der Waals surface area contributed by atoms with E-state index in [1.807, 2.05) is 11.8 Å². The van der Waals surface area contributed by atoms with Crippen LogP contribution in [0.2, 0.25) is 0 Å². The molecule has 1 atom stereocenters. The summed E-state index contributed by atoms with van der Waals surface area (Å²) < 4.78 is 18.4. The van der Waals surface area contributed by atoms with Gasteiger partial charge in [-0.15, -0.1) is 0 Å². The highest BCUT2D eigenvalue weighted by molar-refractivity contribution is 5.93. The fraction of sp³-hybridized carbons (Fsp3) is 0.700. The van der Waals surface area contributed by atoms with Crippen LogP contribution in [-0.4, -0.2) is 63.7 Å². The third-order valence-corrected chi connectivity index (χ3v) is 5.68. The van der Waals surface area contributed by atoms with Crippen LogP contribution in [0.4, 0.5) is 0 Å². The molecule has 158 valence electrons. The lowest BCUT2D eigenvalue weighted by Gasteiger charge is -2.22. The number of hydrogen-bond acceptors (Lipinski definition) is 7. The maximum absolute atomic E-state index is 13.0. The predicted molar refractivity (Wildman–Crippen MR) is 103 cm³/mol. The predicted octanol–water partition coefficient (Wildman–Crippen LogP) is 2.25. The zero-order valence-corrected chi connectivity index (χ0v) is 17.0. The number of hydrogen-bond donors (Lipinski definition) is 0. The molecule has 4 rings (SSSR count). The molecule has 2 fully saturated rings. The highest BCUT2D eigenvalue weighted by Gasteiger charge is 2.35. The fourth-order valence-corrected chi connectivity index (χ4v) is 4.01. The molecule has 2 saturated heterocycles. The number of carbonyl (C=O) groups excluding carboxylic acids is 1. The summed E-state index contributed by atoms with van der Waals surface area (Å²) in [4.78, 5) is 19.3. The Kier molecular flexibility index (Phi) is 6.56. The van der Waals surface area contributed by atoms with Gasteiger partial charge in [0.25, 0.3) is 5.91 Å². The maximum Gasteiger partial charge on any atom is 0.272 e. The van der Waals surface area contributed by atoms with E-state index in [1.54, 1.807) is 16.9 Å². The van der Waals surface area contributed by atoms with Gasteiger partial charge in [0, 0.05) is 45.5 Å². The van der Waals surface area contributed by atoms with Gasteiger partial charge >= 0.3 is 0 Å². The molecule has 29 heavy (non-hydrogen) atoms. The summed E-state index contributed by atoms with van der Waals surface area (Å²) in [6, 6.07) is 1.59. The Morgan fingerprint density at radius 1 is 1.31 bits per heavy atom. The topological polar surface area (TPSA) is 95.5 Å². The highest BCUT2D eigenvalue weighted by Crippen LogP contribution is 2.32. The number of aromatic nitrogens is 4. The van der Waals surface area contributed by atoms with Crippen LogP contribution in [0.3, 0.4) is 0 Å². The van der Waals surface area contributed by atoms with E-state index >= 15 is 0 Å². The third-order valence-electron chi connectivity index (χ3n) is 5.68. The van der Waals surface area contributed by atoms with E-state index in [1.165, 1.54) is 0 Å². The van der Waals surface area contributed by atoms with Gasteiger partial charge in [0.1, 0.15) is 11.7 Å². The molecule has 0 aromatic carbocycles. The molecule has 0 saturated carbocycles. The summed E-state index contributed by atoms with van der Waals surface area (Å²) >= 11 is 0. The zero-order chi connectivity index (χ0) is 20.1. The second-order valence-electron chi connectivity index (χ2n) is 7.62. The molecule has 1 unspecified atom stereocenters. The molecule has 2 aliphatic rings. The van der Waals surface area contributed by atoms with Gasteiger partial charge in [-0.1, -0.05) is 5.16 Å². The number of amides is 1. The molecule has 1 amide bonds. The van der Waals surface area contributed by atoms with Crippen LogP contribution in [-0.2, 0) is 22.4 Å². The number of carbonyl (C=O) groups is 1. The molecular formula is C20H29N5O4. The third kappa shape index (κ3) is 4.67. The Hall–Kier alpha value is -2.26. The van der Waals surface area contributed by atoms with Gasteiger partial charge in [0.05, 0.1) is 6.61 Å². The Morgan fingerprint density at radius 3 is 3.00 bits per heavy atom. The molecule has 9 nitrogen and oxygen atoms in total. The van der Waals surface area contributed by atoms with Gasteiger partial charge in [-0.3, -0.25) is 9.48 Å². The summed E-state index contributed by atoms with van der Waals surface area (Å²) in [6.45, 7) is 6.30. The van der Waals surface area contributed by atoms with Crippen LogP contribution in [0, 0.1) is 5.92 Å². The summed E-state index contributed by atoms with van der Waals surface area (Å²) in [5, 5.41) is 8.30. The van der Waals surface area contributed by atoms with E-state index < -0.39 is 0 Å². The first-order valence-electron chi connectivity index (χ1n) is 10.6. The van der Waals surface area contributed by atoms with Gasteiger partial charge in [0.2, 0.25) is 5.89 Å². The van der Waals surface area contributed by atoms with Crippen molar-refractivity contribution < 1.29 is 18.8 Å². The minimum Gasteiger partial charge on any atom is -0.381 e. The average molecular weight is 403 g/mol. The molecule has 0 N–H and O–H groups in total. The van der Waals surface area contributed by atoms with Gasteiger partial charge in [-0.25, -0.2) is 0 Å². The van der Waals surface area contributed by atoms with E-state index in [4.69, 9.17) is 14.0 Å². The van der Waals surface area contributed by atoms with E-state index in [9.17, 15) is 4.79 Å². The second kappa shape index (κ2) is 9.49. The van der Waals surface area contributed by atoms with E-state index in [0.717, 1.165) is 45.5 Å². The van der Waals surface area contributed by atoms with Crippen molar-refractivity contribution >= 4 is 5.91 Å². The molecule has 2 aliphatic heterocycles. The van der Waals surface area contributed by atoms with Crippen LogP contribution in [0.25, 0.3) is 0 Å². The van der Waals surface area contributed by atoms with Crippen molar-refractivity contribution in [3.05, 3.63) is 29.7 Å². The summed E-state index contributed by atoms with van der Waals surface area (Å²) in [7, 11) is 0. The number of nitrogens with zero attached hydrogens (tertiary/aromatic N) is 5. The largest absolute Gasteiger partial charge is 0.381 e. The van der Waals surface area contributed by atoms with Crippen LogP contribution in [0.5, 0.6) is 0 Å². The molecule has 2 aromatic heterocycles. The molecular weight excluding hydrogens is 374 g/mol. The fourth-order valence-electron chi connectivity index (χ4n) is 4.01. The van der Waals surface area contributed by atoms with Crippen molar-refractivity contribution in [2.24, 2.45) is 5.92 Å². The SMILES string of the molecule is CCn1nccc1C(=O)N1CCCC1c1nc(CCOCC2CCOCC2)no1. The van der Waals surface area contributed by atoms with Crippen molar-refractivity contribution in [3.8, 4) is 0 Å². The monoisotopic (exact) mass is 403 g/mol. The maximum atomic E-state index is 13.0. The quantitative estimate of drug-likeness (QED) is 0.624. The molecule has 9 heteroatoms. The van der Waals surface area contributed by atoms with Crippen LogP contribution < -0.4 is 0 Å². The summed E-state index contributed by atoms with van der Waals surface area (Å²) in [5.41, 5.74) is 0.598. The van der Waals surface area contributed by atoms with Crippen molar-refractivity contribution in [1.82, 2.24) is 24.8 Å². The Bertz CT molecular complexity index is 798. The number of likely N-dealkylation sites (tertiary alicyclic amines) is 1. The molecule has 0 aliphatic carbocycles. The van der Waals surface area contributed by atoms with Gasteiger partial charge in [-0.05, 0) is 44.6 Å². The van der Waals surface area contributed by atoms with Gasteiger partial charge in [-0.2, -0.15) is 10.1 Å². The Balaban J connectivity index is 1.31. The first-order valence-corrected chi connectivity index (χ1v) is 10.6. The number of ether oxygens (including phenoxy) is 2. The smallest absolute Gasteiger partial charge is 0.272 e. The molecule has 0 spiro atoms. The van der Waals surface area contributed by atoms with Crippen molar-refractivity contribution in [1.29, 1.82) is 0 Å². The van der Waals surface area contributed by atoms with Gasteiger partial charge in [0.15, 0.2) is 5.82 Å². The molecule has 0 bridgehead atoms. The highest BCUT2D eigenvalue weighted by atomic mass is 16.5. The van der Waals surface area contributed by atoms with E-state index in [2.05, 4.69) is 15.2 Å². The lowest BCUT2D eigenvalue weighted by Crippen LogP contribution is -2.32. The van der Waals surface area contributed by atoms with Crippen molar-refractivity contribution in [2.75, 3.05) is 33.0 Å². The summed E-state index contributed by atoms with van der Waals surface area (Å²) in [6.07, 6.45) is 6.14. The van der Waals surface area contributed by atoms with E-state index in [0.29, 0.717) is 49.4 Å². The van der Waals surface area contributed by atoms with Crippen molar-refractivity contribution in [3.63, 3.8) is 0 Å². The van der Waals surface area contributed by atoms with Crippen molar-refractivity contribution in [2.45, 2.75) is 51.6 Å². The van der Waals surface area contributed by atoms with Gasteiger partial charge < -0.3 is 18.9 Å². The van der Waals surface area contributed by atoms with Crippen LogP contribution in [0.1, 0.15) is 60.9 Å². The number of aryl methyl sites for hydroxylation is 1. The Labute approximate surface area is 170 Å². The van der Waals surface area contributed by atoms with E-state index in [-0.39, 0.29) is 11.9 Å². The lowest BCUT2D eigenvalue weighted by atomic mass is 10.0. The first-order chi connectivity index (χ1) is 14.3. The molecule has 4 heterocycles. The van der Waals surface area contributed by atoms with Crippen LogP contribution in [0.15, 0.2) is 16.8 Å². The standard InChI is InChI=1S/C20H29N5O4/c1-2-25-17(5-9-21-25)20(26)24-10-3-4-16(24)19-22-18(23-29-19)8-13-28-14-15-6-11-27-12-7-15/h5,9,15-16H,2-4,6-8,10-14H2,1H3. The minimum absolute atomic E-state index is 0.0357. The second-order valence-corrected chi connectivity index (χ2v) is 7.62. The minimum atomic E-state index is -0.174. The molecule has 2 aromatic rings. The zero-order valence-electron chi connectivity index (χ0n) is 17.0. The normalized spacial score (nSPS) is 20.4. The average Bonchev–Trinajstić information content (AvgIpc) is 3.51. The first kappa shape index (κ1) is 20.0. The summed E-state index contributed by atoms with van der Waals surface area (Å²) in [5.74, 6) is 1.69. The number of rotatable bonds is 8. The van der Waals surface area contributed by atoms with Crippen LogP contribution >= 0.6 is 0 Å². The Morgan fingerprint density at radius 2 is 2.17 bits per heavy atom. The lowest BCUT2D eigenvalue weighted by molar-refractivity contribution is 0.0211. The molecule has 0 radical (unpaired) electrons.